The first kappa shape index (κ1) is 25.2. The van der Waals surface area contributed by atoms with Gasteiger partial charge in [0.05, 0.1) is 34.5 Å². The fraction of sp³-hybridized carbons (Fsp3) is 0.280. The van der Waals surface area contributed by atoms with Crippen LogP contribution in [0.1, 0.15) is 0 Å². The van der Waals surface area contributed by atoms with Crippen molar-refractivity contribution in [2.24, 2.45) is 7.05 Å². The Bertz CT molecular complexity index is 1420. The Hall–Kier alpha value is -3.89. The van der Waals surface area contributed by atoms with E-state index >= 15 is 0 Å². The first-order valence-electron chi connectivity index (χ1n) is 11.3. The Morgan fingerprint density at radius 2 is 1.97 bits per heavy atom. The lowest BCUT2D eigenvalue weighted by Gasteiger charge is -2.21. The quantitative estimate of drug-likeness (QED) is 0.250. The number of hydrogen-bond donors (Lipinski definition) is 1. The zero-order chi connectivity index (χ0) is 26.0. The minimum atomic E-state index is -0.385. The standard InChI is InChI=1S/C25H28ClN7O3/c1-30(2)11-12-31(3)20-10-9-16(13-21(20)33(34)35)28-25-27-14-19(26)23(29-25)18-15-32(4)24-17(18)7-6-8-22(24)36-5/h6-10,13-15H,11-12H2,1-5H3,(H,27,28,29). The summed E-state index contributed by atoms with van der Waals surface area (Å²) in [4.78, 5) is 24.3. The molecule has 2 aromatic carbocycles. The molecule has 36 heavy (non-hydrogen) atoms. The van der Waals surface area contributed by atoms with Crippen molar-refractivity contribution in [1.82, 2.24) is 19.4 Å². The summed E-state index contributed by atoms with van der Waals surface area (Å²) in [6.07, 6.45) is 3.46. The number of fused-ring (bicyclic) bond motifs is 1. The number of nitro groups is 1. The number of likely N-dealkylation sites (N-methyl/N-ethyl adjacent to an activating group) is 2. The summed E-state index contributed by atoms with van der Waals surface area (Å²) in [5.74, 6) is 1.02. The number of anilines is 3. The number of aryl methyl sites for hydroxylation is 1. The molecule has 11 heteroatoms. The van der Waals surface area contributed by atoms with Crippen LogP contribution in [0.2, 0.25) is 5.02 Å². The number of hydrogen-bond acceptors (Lipinski definition) is 8. The minimum Gasteiger partial charge on any atom is -0.495 e. The Morgan fingerprint density at radius 1 is 1.19 bits per heavy atom. The number of nitro benzene ring substituents is 1. The molecule has 0 amide bonds. The first-order chi connectivity index (χ1) is 17.2. The van der Waals surface area contributed by atoms with E-state index in [0.717, 1.165) is 28.8 Å². The van der Waals surface area contributed by atoms with Crippen molar-refractivity contribution in [3.05, 3.63) is 63.9 Å². The molecule has 0 aliphatic heterocycles. The van der Waals surface area contributed by atoms with Crippen LogP contribution >= 0.6 is 11.6 Å². The molecule has 1 N–H and O–H groups in total. The molecule has 4 aromatic rings. The van der Waals surface area contributed by atoms with Crippen LogP contribution in [-0.4, -0.2) is 65.7 Å². The molecule has 188 valence electrons. The highest BCUT2D eigenvalue weighted by molar-refractivity contribution is 6.33. The number of aromatic nitrogens is 3. The van der Waals surface area contributed by atoms with E-state index in [1.807, 2.05) is 67.0 Å². The molecule has 4 rings (SSSR count). The zero-order valence-electron chi connectivity index (χ0n) is 20.8. The fourth-order valence-electron chi connectivity index (χ4n) is 4.07. The van der Waals surface area contributed by atoms with E-state index in [-0.39, 0.29) is 16.6 Å². The third-order valence-corrected chi connectivity index (χ3v) is 6.18. The van der Waals surface area contributed by atoms with Crippen molar-refractivity contribution in [2.75, 3.05) is 51.6 Å². The summed E-state index contributed by atoms with van der Waals surface area (Å²) < 4.78 is 7.48. The van der Waals surface area contributed by atoms with Crippen molar-refractivity contribution < 1.29 is 9.66 Å². The van der Waals surface area contributed by atoms with Crippen LogP contribution in [0.3, 0.4) is 0 Å². The van der Waals surface area contributed by atoms with Crippen LogP contribution in [0.25, 0.3) is 22.2 Å². The van der Waals surface area contributed by atoms with Crippen LogP contribution in [0.15, 0.2) is 48.8 Å². The summed E-state index contributed by atoms with van der Waals surface area (Å²) in [5.41, 5.74) is 3.32. The molecule has 2 heterocycles. The molecule has 0 aliphatic rings. The maximum atomic E-state index is 11.8. The van der Waals surface area contributed by atoms with E-state index in [0.29, 0.717) is 28.6 Å². The van der Waals surface area contributed by atoms with Gasteiger partial charge in [-0.2, -0.15) is 0 Å². The third-order valence-electron chi connectivity index (χ3n) is 5.91. The number of nitrogens with one attached hydrogen (secondary N) is 1. The molecule has 0 radical (unpaired) electrons. The van der Waals surface area contributed by atoms with Gasteiger partial charge in [0.25, 0.3) is 5.69 Å². The smallest absolute Gasteiger partial charge is 0.294 e. The molecule has 0 saturated heterocycles. The van der Waals surface area contributed by atoms with Crippen molar-refractivity contribution in [2.45, 2.75) is 0 Å². The van der Waals surface area contributed by atoms with Gasteiger partial charge in [-0.05, 0) is 32.3 Å². The molecule has 0 aliphatic carbocycles. The van der Waals surface area contributed by atoms with E-state index in [1.165, 1.54) is 12.3 Å². The highest BCUT2D eigenvalue weighted by Crippen LogP contribution is 2.37. The number of halogens is 1. The average Bonchev–Trinajstić information content (AvgIpc) is 3.20. The molecule has 0 unspecified atom stereocenters. The molecule has 10 nitrogen and oxygen atoms in total. The predicted octanol–water partition coefficient (Wildman–Crippen LogP) is 4.95. The molecular weight excluding hydrogens is 482 g/mol. The normalized spacial score (nSPS) is 11.2. The predicted molar refractivity (Wildman–Crippen MR) is 144 cm³/mol. The molecule has 2 aromatic heterocycles. The third kappa shape index (κ3) is 5.05. The zero-order valence-corrected chi connectivity index (χ0v) is 21.6. The summed E-state index contributed by atoms with van der Waals surface area (Å²) in [6.45, 7) is 1.43. The highest BCUT2D eigenvalue weighted by atomic mass is 35.5. The van der Waals surface area contributed by atoms with E-state index in [9.17, 15) is 10.1 Å². The largest absolute Gasteiger partial charge is 0.495 e. The highest BCUT2D eigenvalue weighted by Gasteiger charge is 2.20. The average molecular weight is 510 g/mol. The molecule has 0 saturated carbocycles. The first-order valence-corrected chi connectivity index (χ1v) is 11.6. The van der Waals surface area contributed by atoms with Gasteiger partial charge in [0, 0.05) is 56.1 Å². The van der Waals surface area contributed by atoms with Gasteiger partial charge in [0.2, 0.25) is 5.95 Å². The maximum Gasteiger partial charge on any atom is 0.294 e. The lowest BCUT2D eigenvalue weighted by Crippen LogP contribution is -2.28. The SMILES string of the molecule is COc1cccc2c(-c3nc(Nc4ccc(N(C)CCN(C)C)c([N+](=O)[O-])c4)ncc3Cl)cn(C)c12. The topological polar surface area (TPSA) is 102 Å². The van der Waals surface area contributed by atoms with Gasteiger partial charge in [-0.25, -0.2) is 9.97 Å². The monoisotopic (exact) mass is 509 g/mol. The van der Waals surface area contributed by atoms with Gasteiger partial charge in [-0.15, -0.1) is 0 Å². The molecule has 0 fully saturated rings. The van der Waals surface area contributed by atoms with Gasteiger partial charge < -0.3 is 24.4 Å². The molecule has 0 spiro atoms. The number of nitrogens with zero attached hydrogens (tertiary/aromatic N) is 6. The van der Waals surface area contributed by atoms with Gasteiger partial charge in [-0.1, -0.05) is 23.7 Å². The second-order valence-electron chi connectivity index (χ2n) is 8.71. The Balaban J connectivity index is 1.68. The maximum absolute atomic E-state index is 11.8. The van der Waals surface area contributed by atoms with Gasteiger partial charge in [0.15, 0.2) is 0 Å². The van der Waals surface area contributed by atoms with Crippen molar-refractivity contribution in [1.29, 1.82) is 0 Å². The lowest BCUT2D eigenvalue weighted by atomic mass is 10.1. The van der Waals surface area contributed by atoms with Crippen LogP contribution < -0.4 is 15.0 Å². The number of rotatable bonds is 9. The number of benzene rings is 2. The summed E-state index contributed by atoms with van der Waals surface area (Å²) in [7, 11) is 9.33. The van der Waals surface area contributed by atoms with E-state index in [2.05, 4.69) is 15.3 Å². The summed E-state index contributed by atoms with van der Waals surface area (Å²) in [6, 6.07) is 10.8. The molecular formula is C25H28ClN7O3. The van der Waals surface area contributed by atoms with Crippen molar-refractivity contribution in [3.8, 4) is 17.0 Å². The summed E-state index contributed by atoms with van der Waals surface area (Å²) in [5, 5.41) is 16.2. The fourth-order valence-corrected chi connectivity index (χ4v) is 4.26. The Morgan fingerprint density at radius 3 is 2.67 bits per heavy atom. The van der Waals surface area contributed by atoms with Crippen molar-refractivity contribution >= 4 is 45.5 Å². The lowest BCUT2D eigenvalue weighted by molar-refractivity contribution is -0.384. The Labute approximate surface area is 214 Å². The summed E-state index contributed by atoms with van der Waals surface area (Å²) >= 11 is 6.50. The van der Waals surface area contributed by atoms with E-state index < -0.39 is 0 Å². The Kier molecular flexibility index (Phi) is 7.27. The van der Waals surface area contributed by atoms with Gasteiger partial charge in [0.1, 0.15) is 11.4 Å². The van der Waals surface area contributed by atoms with Crippen LogP contribution in [0.4, 0.5) is 23.0 Å². The number of para-hydroxylation sites is 1. The van der Waals surface area contributed by atoms with Gasteiger partial charge >= 0.3 is 0 Å². The van der Waals surface area contributed by atoms with Crippen LogP contribution in [0.5, 0.6) is 5.75 Å². The number of ether oxygens (including phenoxy) is 1. The van der Waals surface area contributed by atoms with E-state index in [4.69, 9.17) is 16.3 Å². The van der Waals surface area contributed by atoms with E-state index in [1.54, 1.807) is 19.2 Å². The van der Waals surface area contributed by atoms with Crippen LogP contribution in [-0.2, 0) is 7.05 Å². The second-order valence-corrected chi connectivity index (χ2v) is 9.12. The number of methoxy groups -OCH3 is 1. The van der Waals surface area contributed by atoms with Crippen LogP contribution in [0, 0.1) is 10.1 Å². The van der Waals surface area contributed by atoms with Gasteiger partial charge in [-0.3, -0.25) is 10.1 Å². The van der Waals surface area contributed by atoms with Crippen molar-refractivity contribution in [3.63, 3.8) is 0 Å². The molecule has 0 bridgehead atoms. The molecule has 0 atom stereocenters. The second kappa shape index (κ2) is 10.4. The minimum absolute atomic E-state index is 0.00316.